The maximum absolute atomic E-state index is 13.6. The van der Waals surface area contributed by atoms with Gasteiger partial charge in [-0.3, -0.25) is 9.69 Å². The number of hydrogen-bond donors (Lipinski definition) is 1. The van der Waals surface area contributed by atoms with Crippen molar-refractivity contribution in [1.82, 2.24) is 14.5 Å². The first-order valence-corrected chi connectivity index (χ1v) is 14.1. The molecule has 3 atom stereocenters. The lowest BCUT2D eigenvalue weighted by Gasteiger charge is -2.29. The van der Waals surface area contributed by atoms with Gasteiger partial charge in [0, 0.05) is 42.9 Å². The van der Waals surface area contributed by atoms with Crippen LogP contribution in [0.25, 0.3) is 5.69 Å². The summed E-state index contributed by atoms with van der Waals surface area (Å²) in [6.07, 6.45) is 7.88. The summed E-state index contributed by atoms with van der Waals surface area (Å²) in [5.74, 6) is -0.655. The van der Waals surface area contributed by atoms with Gasteiger partial charge in [0.25, 0.3) is 6.29 Å². The van der Waals surface area contributed by atoms with Gasteiger partial charge in [-0.15, -0.1) is 37.2 Å². The van der Waals surface area contributed by atoms with Crippen LogP contribution in [-0.4, -0.2) is 64.1 Å². The van der Waals surface area contributed by atoms with Crippen LogP contribution in [0.2, 0.25) is 0 Å². The van der Waals surface area contributed by atoms with Crippen molar-refractivity contribution in [3.05, 3.63) is 47.5 Å². The molecule has 0 spiro atoms. The molecule has 0 bridgehead atoms. The third kappa shape index (κ3) is 8.51. The van der Waals surface area contributed by atoms with E-state index in [1.807, 2.05) is 26.2 Å². The summed E-state index contributed by atoms with van der Waals surface area (Å²) in [6, 6.07) is 7.78. The number of para-hydroxylation sites is 1. The summed E-state index contributed by atoms with van der Waals surface area (Å²) < 4.78 is 19.0. The highest BCUT2D eigenvalue weighted by Crippen LogP contribution is 2.28. The van der Waals surface area contributed by atoms with E-state index in [0.717, 1.165) is 68.4 Å². The third-order valence-electron chi connectivity index (χ3n) is 8.00. The van der Waals surface area contributed by atoms with Crippen molar-refractivity contribution in [2.75, 3.05) is 13.1 Å². The molecular formula is C29H43Cl3N4O5. The van der Waals surface area contributed by atoms with Gasteiger partial charge in [0.2, 0.25) is 0 Å². The average molecular weight is 634 g/mol. The van der Waals surface area contributed by atoms with Crippen molar-refractivity contribution in [3.63, 3.8) is 0 Å². The summed E-state index contributed by atoms with van der Waals surface area (Å²) in [4.78, 5) is 33.0. The number of fused-ring (bicyclic) bond motifs is 3. The van der Waals surface area contributed by atoms with Crippen LogP contribution in [-0.2, 0) is 38.3 Å². The van der Waals surface area contributed by atoms with Crippen LogP contribution in [0.4, 0.5) is 4.79 Å². The van der Waals surface area contributed by atoms with Gasteiger partial charge in [-0.2, -0.15) is 0 Å². The van der Waals surface area contributed by atoms with E-state index in [0.29, 0.717) is 19.5 Å². The molecule has 1 saturated carbocycles. The molecule has 9 nitrogen and oxygen atoms in total. The number of hydrogen-bond acceptors (Lipinski definition) is 8. The number of rotatable bonds is 8. The van der Waals surface area contributed by atoms with Crippen LogP contribution in [0.1, 0.15) is 69.3 Å². The number of imidazole rings is 1. The lowest BCUT2D eigenvalue weighted by Crippen LogP contribution is -2.46. The first-order valence-electron chi connectivity index (χ1n) is 14.1. The van der Waals surface area contributed by atoms with E-state index in [9.17, 15) is 9.59 Å². The number of carbonyl (C=O) groups excluding carboxylic acids is 2. The molecule has 2 fully saturated rings. The molecule has 230 valence electrons. The van der Waals surface area contributed by atoms with Crippen molar-refractivity contribution >= 4 is 49.3 Å². The number of aryl methyl sites for hydroxylation is 1. The van der Waals surface area contributed by atoms with Crippen LogP contribution < -0.4 is 5.73 Å². The molecule has 3 heterocycles. The molecule has 3 aliphatic rings. The minimum absolute atomic E-state index is 0. The molecule has 2 N–H and O–H groups in total. The lowest BCUT2D eigenvalue weighted by atomic mass is 9.98. The summed E-state index contributed by atoms with van der Waals surface area (Å²) in [5.41, 5.74) is 10.7. The summed E-state index contributed by atoms with van der Waals surface area (Å²) in [5, 5.41) is 0. The minimum Gasteiger partial charge on any atom is -0.431 e. The normalized spacial score (nSPS) is 19.9. The SMILES string of the molecule is CC(C)C(OC(=O)OC1CCCCC1)OC(=O)[C@H](Cc1ncn2c1CCc1ccccc1-2)N1CC[C@H](N)C1.Cl.Cl.Cl. The Morgan fingerprint density at radius 2 is 1.76 bits per heavy atom. The largest absolute Gasteiger partial charge is 0.511 e. The van der Waals surface area contributed by atoms with Gasteiger partial charge >= 0.3 is 12.1 Å². The number of nitrogens with zero attached hydrogens (tertiary/aromatic N) is 3. The Balaban J connectivity index is 0.00000196. The predicted molar refractivity (Wildman–Crippen MR) is 164 cm³/mol. The molecule has 1 aromatic heterocycles. The zero-order valence-electron chi connectivity index (χ0n) is 23.7. The Hall–Kier alpha value is -2.04. The monoisotopic (exact) mass is 632 g/mol. The van der Waals surface area contributed by atoms with Crippen LogP contribution >= 0.6 is 37.2 Å². The Kier molecular flexibility index (Phi) is 13.7. The van der Waals surface area contributed by atoms with Gasteiger partial charge < -0.3 is 24.5 Å². The van der Waals surface area contributed by atoms with Gasteiger partial charge in [0.1, 0.15) is 12.1 Å². The van der Waals surface area contributed by atoms with E-state index in [1.54, 1.807) is 0 Å². The zero-order chi connectivity index (χ0) is 26.6. The van der Waals surface area contributed by atoms with Gasteiger partial charge in [-0.25, -0.2) is 9.78 Å². The second kappa shape index (κ2) is 16.0. The Labute approximate surface area is 261 Å². The fourth-order valence-electron chi connectivity index (χ4n) is 5.84. The Bertz CT molecular complexity index is 1140. The maximum Gasteiger partial charge on any atom is 0.511 e. The number of aromatic nitrogens is 2. The molecule has 2 aliphatic heterocycles. The van der Waals surface area contributed by atoms with Crippen molar-refractivity contribution < 1.29 is 23.8 Å². The van der Waals surface area contributed by atoms with Crippen LogP contribution in [0.5, 0.6) is 0 Å². The highest BCUT2D eigenvalue weighted by atomic mass is 35.5. The van der Waals surface area contributed by atoms with Gasteiger partial charge in [-0.1, -0.05) is 38.5 Å². The fourth-order valence-corrected chi connectivity index (χ4v) is 5.84. The van der Waals surface area contributed by atoms with E-state index < -0.39 is 24.5 Å². The first kappa shape index (κ1) is 35.2. The van der Waals surface area contributed by atoms with Crippen molar-refractivity contribution in [1.29, 1.82) is 0 Å². The smallest absolute Gasteiger partial charge is 0.431 e. The van der Waals surface area contributed by atoms with E-state index >= 15 is 0 Å². The van der Waals surface area contributed by atoms with Gasteiger partial charge in [0.05, 0.1) is 12.0 Å². The zero-order valence-corrected chi connectivity index (χ0v) is 26.2. The molecule has 1 aromatic carbocycles. The fraction of sp³-hybridized carbons (Fsp3) is 0.621. The second-order valence-electron chi connectivity index (χ2n) is 11.2. The van der Waals surface area contributed by atoms with Crippen LogP contribution in [0, 0.1) is 5.92 Å². The van der Waals surface area contributed by atoms with E-state index in [2.05, 4.69) is 27.7 Å². The lowest BCUT2D eigenvalue weighted by molar-refractivity contribution is -0.186. The van der Waals surface area contributed by atoms with E-state index in [-0.39, 0.29) is 55.3 Å². The third-order valence-corrected chi connectivity index (χ3v) is 8.00. The topological polar surface area (TPSA) is 109 Å². The van der Waals surface area contributed by atoms with E-state index in [1.165, 1.54) is 5.56 Å². The minimum atomic E-state index is -1.03. The van der Waals surface area contributed by atoms with Crippen molar-refractivity contribution in [3.8, 4) is 5.69 Å². The summed E-state index contributed by atoms with van der Waals surface area (Å²) in [7, 11) is 0. The maximum atomic E-state index is 13.6. The van der Waals surface area contributed by atoms with Crippen LogP contribution in [0.15, 0.2) is 30.6 Å². The quantitative estimate of drug-likeness (QED) is 0.313. The molecule has 0 radical (unpaired) electrons. The molecular weight excluding hydrogens is 591 g/mol. The van der Waals surface area contributed by atoms with E-state index in [4.69, 9.17) is 24.9 Å². The summed E-state index contributed by atoms with van der Waals surface area (Å²) >= 11 is 0. The van der Waals surface area contributed by atoms with Crippen molar-refractivity contribution in [2.45, 2.75) is 96.1 Å². The molecule has 1 unspecified atom stereocenters. The molecule has 0 amide bonds. The number of ether oxygens (including phenoxy) is 3. The van der Waals surface area contributed by atoms with Gasteiger partial charge in [0.15, 0.2) is 0 Å². The second-order valence-corrected chi connectivity index (χ2v) is 11.2. The number of carbonyl (C=O) groups is 2. The number of benzene rings is 1. The molecule has 5 rings (SSSR count). The number of halogens is 3. The Morgan fingerprint density at radius 1 is 1.02 bits per heavy atom. The predicted octanol–water partition coefficient (Wildman–Crippen LogP) is 5.19. The standard InChI is InChI=1S/C29H40N4O5.3ClH/c1-19(2)28(38-29(35)36-22-9-4-3-5-10-22)37-27(34)26(32-15-14-21(30)17-32)16-23-25-13-12-20-8-6-7-11-24(20)33(25)18-31-23;;;/h6-8,11,18-19,21-22,26,28H,3-5,9-10,12-17,30H2,1-2H3;3*1H/t21-,26-,28?;;;/m0.../s1. The molecule has 1 aliphatic carbocycles. The molecule has 2 aromatic rings. The highest BCUT2D eigenvalue weighted by molar-refractivity contribution is 5.86. The number of nitrogens with two attached hydrogens (primary N) is 1. The molecule has 41 heavy (non-hydrogen) atoms. The molecule has 12 heteroatoms. The number of likely N-dealkylation sites (tertiary alicyclic amines) is 1. The summed E-state index contributed by atoms with van der Waals surface area (Å²) in [6.45, 7) is 5.03. The Morgan fingerprint density at radius 3 is 2.44 bits per heavy atom. The van der Waals surface area contributed by atoms with Crippen LogP contribution in [0.3, 0.4) is 0 Å². The molecule has 1 saturated heterocycles. The first-order chi connectivity index (χ1) is 18.4. The average Bonchev–Trinajstić information content (AvgIpc) is 3.53. The van der Waals surface area contributed by atoms with Crippen molar-refractivity contribution in [2.24, 2.45) is 11.7 Å². The van der Waals surface area contributed by atoms with Gasteiger partial charge in [-0.05, 0) is 56.6 Å². The number of esters is 1. The highest BCUT2D eigenvalue weighted by Gasteiger charge is 2.37.